The minimum Gasteiger partial charge on any atom is -0.469 e. The van der Waals surface area contributed by atoms with Crippen molar-refractivity contribution in [2.45, 2.75) is 0 Å². The van der Waals surface area contributed by atoms with E-state index >= 15 is 0 Å². The van der Waals surface area contributed by atoms with Crippen LogP contribution in [0.1, 0.15) is 0 Å². The van der Waals surface area contributed by atoms with Crippen molar-refractivity contribution in [1.29, 1.82) is 0 Å². The van der Waals surface area contributed by atoms with Crippen LogP contribution in [0.5, 0.6) is 5.88 Å². The van der Waals surface area contributed by atoms with Crippen molar-refractivity contribution in [1.82, 2.24) is 4.98 Å². The highest BCUT2D eigenvalue weighted by molar-refractivity contribution is 5.52. The molecule has 0 saturated carbocycles. The number of pyridine rings is 1. The average molecular weight is 136 g/mol. The zero-order valence-corrected chi connectivity index (χ0v) is 5.28. The number of carbonyl (C=O) groups excluding carboxylic acids is 1. The van der Waals surface area contributed by atoms with Crippen LogP contribution in [0.4, 0.5) is 0 Å². The smallest absolute Gasteiger partial charge is 0.239 e. The van der Waals surface area contributed by atoms with Crippen molar-refractivity contribution < 1.29 is 9.53 Å². The van der Waals surface area contributed by atoms with Crippen LogP contribution in [0.3, 0.4) is 0 Å². The normalized spacial score (nSPS) is 8.80. The van der Waals surface area contributed by atoms with Gasteiger partial charge in [-0.15, -0.1) is 0 Å². The third-order valence-electron chi connectivity index (χ3n) is 0.917. The van der Waals surface area contributed by atoms with Gasteiger partial charge < -0.3 is 4.74 Å². The standard InChI is InChI=1S/C7H6NO2/c9-5-6-10-7-3-1-2-4-8-7/h1-4H,6H2. The third kappa shape index (κ3) is 1.85. The molecule has 0 spiro atoms. The first kappa shape index (κ1) is 6.74. The Hall–Kier alpha value is -1.38. The molecule has 0 unspecified atom stereocenters. The van der Waals surface area contributed by atoms with E-state index in [1.54, 1.807) is 30.7 Å². The van der Waals surface area contributed by atoms with E-state index in [4.69, 9.17) is 4.74 Å². The van der Waals surface area contributed by atoms with E-state index in [1.165, 1.54) is 0 Å². The molecule has 0 fully saturated rings. The molecule has 0 aliphatic rings. The summed E-state index contributed by atoms with van der Waals surface area (Å²) in [6.45, 7) is -0.0585. The number of hydrogen-bond donors (Lipinski definition) is 0. The molecule has 0 N–H and O–H groups in total. The van der Waals surface area contributed by atoms with Gasteiger partial charge in [0.05, 0.1) is 0 Å². The van der Waals surface area contributed by atoms with E-state index in [0.29, 0.717) is 5.88 Å². The van der Waals surface area contributed by atoms with Gasteiger partial charge in [0.1, 0.15) is 0 Å². The summed E-state index contributed by atoms with van der Waals surface area (Å²) in [5.74, 6) is 0.450. The Labute approximate surface area is 58.7 Å². The van der Waals surface area contributed by atoms with Crippen molar-refractivity contribution in [3.05, 3.63) is 24.4 Å². The Morgan fingerprint density at radius 1 is 1.60 bits per heavy atom. The van der Waals surface area contributed by atoms with Crippen molar-refractivity contribution in [3.8, 4) is 5.88 Å². The van der Waals surface area contributed by atoms with Crippen LogP contribution in [0, 0.1) is 0 Å². The Bertz CT molecular complexity index is 198. The van der Waals surface area contributed by atoms with Crippen molar-refractivity contribution in [2.75, 3.05) is 6.61 Å². The monoisotopic (exact) mass is 136 g/mol. The summed E-state index contributed by atoms with van der Waals surface area (Å²) in [7, 11) is 0. The first-order valence-corrected chi connectivity index (χ1v) is 2.82. The van der Waals surface area contributed by atoms with Crippen LogP contribution < -0.4 is 4.74 Å². The first-order chi connectivity index (χ1) is 4.93. The fourth-order valence-corrected chi connectivity index (χ4v) is 0.536. The quantitative estimate of drug-likeness (QED) is 0.609. The van der Waals surface area contributed by atoms with Gasteiger partial charge in [0.25, 0.3) is 0 Å². The largest absolute Gasteiger partial charge is 0.469 e. The van der Waals surface area contributed by atoms with E-state index in [9.17, 15) is 4.79 Å². The second kappa shape index (κ2) is 3.61. The fourth-order valence-electron chi connectivity index (χ4n) is 0.536. The summed E-state index contributed by atoms with van der Waals surface area (Å²) in [5.41, 5.74) is 0. The summed E-state index contributed by atoms with van der Waals surface area (Å²) >= 11 is 0. The van der Waals surface area contributed by atoms with E-state index < -0.39 is 0 Å². The molecule has 0 aliphatic carbocycles. The Morgan fingerprint density at radius 3 is 3.10 bits per heavy atom. The summed E-state index contributed by atoms with van der Waals surface area (Å²) < 4.78 is 4.82. The third-order valence-corrected chi connectivity index (χ3v) is 0.917. The highest BCUT2D eigenvalue weighted by atomic mass is 16.5. The molecule has 10 heavy (non-hydrogen) atoms. The zero-order valence-electron chi connectivity index (χ0n) is 5.28. The Balaban J connectivity index is 2.50. The molecule has 1 aromatic heterocycles. The van der Waals surface area contributed by atoms with Gasteiger partial charge >= 0.3 is 0 Å². The molecule has 3 nitrogen and oxygen atoms in total. The summed E-state index contributed by atoms with van der Waals surface area (Å²) in [5, 5.41) is 0. The van der Waals surface area contributed by atoms with Gasteiger partial charge in [-0.2, -0.15) is 0 Å². The van der Waals surface area contributed by atoms with Gasteiger partial charge in [-0.3, -0.25) is 4.79 Å². The molecule has 51 valence electrons. The maximum atomic E-state index is 9.70. The van der Waals surface area contributed by atoms with Crippen LogP contribution in [-0.2, 0) is 4.79 Å². The molecule has 1 heterocycles. The SMILES string of the molecule is O=[C]COc1ccccn1. The molecule has 1 rings (SSSR count). The fraction of sp³-hybridized carbons (Fsp3) is 0.143. The topological polar surface area (TPSA) is 39.2 Å². The molecule has 0 bridgehead atoms. The van der Waals surface area contributed by atoms with Crippen LogP contribution in [0.25, 0.3) is 0 Å². The van der Waals surface area contributed by atoms with Crippen molar-refractivity contribution in [3.63, 3.8) is 0 Å². The Morgan fingerprint density at radius 2 is 2.50 bits per heavy atom. The molecule has 0 atom stereocenters. The molecular weight excluding hydrogens is 130 g/mol. The summed E-state index contributed by atoms with van der Waals surface area (Å²) in [4.78, 5) is 13.5. The second-order valence-electron chi connectivity index (χ2n) is 1.60. The minimum absolute atomic E-state index is 0.0585. The summed E-state index contributed by atoms with van der Waals surface area (Å²) in [6.07, 6.45) is 3.20. The number of ether oxygens (including phenoxy) is 1. The second-order valence-corrected chi connectivity index (χ2v) is 1.60. The van der Waals surface area contributed by atoms with E-state index in [1.807, 2.05) is 0 Å². The molecular formula is C7H6NO2. The van der Waals surface area contributed by atoms with E-state index in [0.717, 1.165) is 0 Å². The van der Waals surface area contributed by atoms with E-state index in [-0.39, 0.29) is 6.61 Å². The van der Waals surface area contributed by atoms with Crippen molar-refractivity contribution >= 4 is 6.29 Å². The predicted octanol–water partition coefficient (Wildman–Crippen LogP) is 0.570. The molecule has 0 aromatic carbocycles. The average Bonchev–Trinajstić information content (AvgIpc) is 2.03. The lowest BCUT2D eigenvalue weighted by atomic mass is 10.5. The highest BCUT2D eigenvalue weighted by Gasteiger charge is 1.89. The molecule has 0 saturated heterocycles. The van der Waals surface area contributed by atoms with Gasteiger partial charge in [-0.1, -0.05) is 6.07 Å². The highest BCUT2D eigenvalue weighted by Crippen LogP contribution is 2.01. The molecule has 0 aliphatic heterocycles. The maximum Gasteiger partial charge on any atom is 0.239 e. The van der Waals surface area contributed by atoms with Crippen LogP contribution >= 0.6 is 0 Å². The van der Waals surface area contributed by atoms with Gasteiger partial charge in [0, 0.05) is 12.3 Å². The number of aromatic nitrogens is 1. The number of hydrogen-bond acceptors (Lipinski definition) is 3. The Kier molecular flexibility index (Phi) is 2.43. The zero-order chi connectivity index (χ0) is 7.23. The molecule has 3 heteroatoms. The van der Waals surface area contributed by atoms with Gasteiger partial charge in [-0.25, -0.2) is 4.98 Å². The van der Waals surface area contributed by atoms with Crippen LogP contribution in [0.2, 0.25) is 0 Å². The van der Waals surface area contributed by atoms with Gasteiger partial charge in [0.2, 0.25) is 12.2 Å². The van der Waals surface area contributed by atoms with Crippen LogP contribution in [-0.4, -0.2) is 17.9 Å². The molecule has 1 radical (unpaired) electrons. The van der Waals surface area contributed by atoms with Gasteiger partial charge in [-0.05, 0) is 6.07 Å². The van der Waals surface area contributed by atoms with Crippen molar-refractivity contribution in [2.24, 2.45) is 0 Å². The predicted molar refractivity (Wildman–Crippen MR) is 35.4 cm³/mol. The number of rotatable bonds is 3. The van der Waals surface area contributed by atoms with E-state index in [2.05, 4.69) is 4.98 Å². The van der Waals surface area contributed by atoms with Gasteiger partial charge in [0.15, 0.2) is 6.61 Å². The number of nitrogens with zero attached hydrogens (tertiary/aromatic N) is 1. The first-order valence-electron chi connectivity index (χ1n) is 2.82. The minimum atomic E-state index is -0.0585. The lowest BCUT2D eigenvalue weighted by molar-refractivity contribution is 0.351. The lowest BCUT2D eigenvalue weighted by Gasteiger charge is -1.96. The molecule has 0 amide bonds. The molecule has 1 aromatic rings. The lowest BCUT2D eigenvalue weighted by Crippen LogP contribution is -1.98. The maximum absolute atomic E-state index is 9.70. The van der Waals surface area contributed by atoms with Crippen LogP contribution in [0.15, 0.2) is 24.4 Å². The summed E-state index contributed by atoms with van der Waals surface area (Å²) in [6, 6.07) is 5.24.